The van der Waals surface area contributed by atoms with Gasteiger partial charge in [0.1, 0.15) is 10.7 Å². The molecule has 0 aliphatic carbocycles. The maximum Gasteiger partial charge on any atom is 0.241 e. The fourth-order valence-electron chi connectivity index (χ4n) is 2.69. The van der Waals surface area contributed by atoms with Gasteiger partial charge in [0.15, 0.2) is 0 Å². The summed E-state index contributed by atoms with van der Waals surface area (Å²) < 4.78 is 25.2. The number of nitrogens with two attached hydrogens (primary N) is 1. The van der Waals surface area contributed by atoms with Crippen LogP contribution in [0.15, 0.2) is 59.8 Å². The maximum atomic E-state index is 11.7. The largest absolute Gasteiger partial charge is 0.365 e. The van der Waals surface area contributed by atoms with E-state index in [0.29, 0.717) is 6.54 Å². The van der Waals surface area contributed by atoms with Crippen LogP contribution >= 0.6 is 0 Å². The van der Waals surface area contributed by atoms with E-state index in [2.05, 4.69) is 29.2 Å². The second kappa shape index (κ2) is 7.27. The van der Waals surface area contributed by atoms with Gasteiger partial charge in [-0.25, -0.2) is 23.2 Å². The Morgan fingerprint density at radius 2 is 1.88 bits per heavy atom. The van der Waals surface area contributed by atoms with Crippen LogP contribution in [0.4, 0.5) is 5.82 Å². The Kier molecular flexibility index (Phi) is 5.06. The molecule has 2 heterocycles. The summed E-state index contributed by atoms with van der Waals surface area (Å²) in [6, 6.07) is 12.8. The number of hydrogen-bond donors (Lipinski definition) is 2. The molecule has 8 heteroatoms. The molecule has 26 heavy (non-hydrogen) atoms. The summed E-state index contributed by atoms with van der Waals surface area (Å²) in [6.45, 7) is 4.52. The molecule has 1 aromatic carbocycles. The number of benzene rings is 1. The lowest BCUT2D eigenvalue weighted by Gasteiger charge is -2.10. The van der Waals surface area contributed by atoms with Crippen LogP contribution in [0.1, 0.15) is 31.0 Å². The monoisotopic (exact) mass is 371 g/mol. The maximum absolute atomic E-state index is 11.7. The molecule has 0 fully saturated rings. The van der Waals surface area contributed by atoms with Gasteiger partial charge in [0.2, 0.25) is 10.0 Å². The second-order valence-corrected chi connectivity index (χ2v) is 7.75. The van der Waals surface area contributed by atoms with E-state index in [4.69, 9.17) is 5.14 Å². The number of primary sulfonamides is 1. The summed E-state index contributed by atoms with van der Waals surface area (Å²) in [5.41, 5.74) is 2.87. The molecular formula is C18H21N5O2S. The number of hydrogen-bond acceptors (Lipinski definition) is 5. The molecule has 3 aromatic rings. The zero-order valence-electron chi connectivity index (χ0n) is 14.6. The minimum atomic E-state index is -3.85. The minimum absolute atomic E-state index is 0.0263. The summed E-state index contributed by atoms with van der Waals surface area (Å²) in [7, 11) is -3.85. The quantitative estimate of drug-likeness (QED) is 0.693. The van der Waals surface area contributed by atoms with Crippen molar-refractivity contribution in [3.8, 4) is 5.69 Å². The molecular weight excluding hydrogens is 350 g/mol. The fourth-order valence-corrected chi connectivity index (χ4v) is 3.35. The van der Waals surface area contributed by atoms with Crippen molar-refractivity contribution in [1.29, 1.82) is 0 Å². The van der Waals surface area contributed by atoms with Crippen LogP contribution in [0.3, 0.4) is 0 Å². The highest BCUT2D eigenvalue weighted by Crippen LogP contribution is 2.22. The van der Waals surface area contributed by atoms with Crippen LogP contribution in [0.25, 0.3) is 5.69 Å². The molecule has 3 rings (SSSR count). The molecule has 3 N–H and O–H groups in total. The first-order valence-electron chi connectivity index (χ1n) is 8.22. The first-order chi connectivity index (χ1) is 12.4. The molecule has 0 unspecified atom stereocenters. The van der Waals surface area contributed by atoms with Crippen LogP contribution in [0.5, 0.6) is 0 Å². The third-order valence-corrected chi connectivity index (χ3v) is 4.86. The Labute approximate surface area is 152 Å². The average Bonchev–Trinajstić information content (AvgIpc) is 3.05. The summed E-state index contributed by atoms with van der Waals surface area (Å²) in [5.74, 6) is 0.454. The van der Waals surface area contributed by atoms with Crippen molar-refractivity contribution in [3.63, 3.8) is 0 Å². The molecule has 0 aliphatic rings. The van der Waals surface area contributed by atoms with Crippen molar-refractivity contribution in [2.45, 2.75) is 31.2 Å². The third kappa shape index (κ3) is 3.92. The van der Waals surface area contributed by atoms with Gasteiger partial charge in [-0.15, -0.1) is 0 Å². The molecule has 0 aliphatic heterocycles. The lowest BCUT2D eigenvalue weighted by atomic mass is 10.1. The van der Waals surface area contributed by atoms with E-state index >= 15 is 0 Å². The number of anilines is 1. The van der Waals surface area contributed by atoms with Crippen LogP contribution in [-0.4, -0.2) is 23.2 Å². The Hall–Kier alpha value is -2.71. The van der Waals surface area contributed by atoms with Gasteiger partial charge < -0.3 is 5.32 Å². The van der Waals surface area contributed by atoms with Crippen molar-refractivity contribution in [2.75, 3.05) is 5.32 Å². The topological polar surface area (TPSA) is 103 Å². The van der Waals surface area contributed by atoms with Gasteiger partial charge >= 0.3 is 0 Å². The number of nitrogens with one attached hydrogen (secondary N) is 1. The molecule has 0 atom stereocenters. The van der Waals surface area contributed by atoms with E-state index in [0.717, 1.165) is 16.9 Å². The van der Waals surface area contributed by atoms with Crippen molar-refractivity contribution in [3.05, 3.63) is 66.1 Å². The van der Waals surface area contributed by atoms with Gasteiger partial charge in [-0.2, -0.15) is 5.10 Å². The number of nitrogens with zero attached hydrogens (tertiary/aromatic N) is 3. The molecule has 136 valence electrons. The molecule has 0 amide bonds. The predicted molar refractivity (Wildman–Crippen MR) is 101 cm³/mol. The smallest absolute Gasteiger partial charge is 0.241 e. The summed E-state index contributed by atoms with van der Waals surface area (Å²) in [6.07, 6.45) is 3.46. The zero-order chi connectivity index (χ0) is 18.7. The predicted octanol–water partition coefficient (Wildman–Crippen LogP) is 2.65. The highest BCUT2D eigenvalue weighted by molar-refractivity contribution is 7.89. The van der Waals surface area contributed by atoms with E-state index in [9.17, 15) is 8.42 Å². The molecule has 0 saturated carbocycles. The first kappa shape index (κ1) is 18.1. The Morgan fingerprint density at radius 3 is 2.54 bits per heavy atom. The number of rotatable bonds is 6. The Bertz CT molecular complexity index is 997. The van der Waals surface area contributed by atoms with Gasteiger partial charge in [-0.05, 0) is 30.2 Å². The third-order valence-electron chi connectivity index (χ3n) is 3.91. The second-order valence-electron chi connectivity index (χ2n) is 6.22. The van der Waals surface area contributed by atoms with Crippen molar-refractivity contribution >= 4 is 15.8 Å². The lowest BCUT2D eigenvalue weighted by Crippen LogP contribution is -2.16. The van der Waals surface area contributed by atoms with E-state index in [1.807, 2.05) is 41.2 Å². The van der Waals surface area contributed by atoms with Crippen LogP contribution in [-0.2, 0) is 16.6 Å². The van der Waals surface area contributed by atoms with Crippen molar-refractivity contribution < 1.29 is 8.42 Å². The highest BCUT2D eigenvalue weighted by atomic mass is 32.2. The van der Waals surface area contributed by atoms with Gasteiger partial charge in [0, 0.05) is 24.5 Å². The molecule has 2 aromatic heterocycles. The van der Waals surface area contributed by atoms with Gasteiger partial charge in [-0.1, -0.05) is 32.0 Å². The average molecular weight is 371 g/mol. The first-order valence-corrected chi connectivity index (χ1v) is 9.76. The standard InChI is InChI=1S/C18H21N5O2S/c1-13(2)17-14(12-23(22-17)15-7-4-3-5-8-15)11-21-18-16(26(19,24)25)9-6-10-20-18/h3-10,12-13H,11H2,1-2H3,(H,20,21)(H2,19,24,25). The van der Waals surface area contributed by atoms with Crippen molar-refractivity contribution in [2.24, 2.45) is 5.14 Å². The summed E-state index contributed by atoms with van der Waals surface area (Å²) in [4.78, 5) is 4.08. The molecule has 0 bridgehead atoms. The van der Waals surface area contributed by atoms with Gasteiger partial charge in [-0.3, -0.25) is 0 Å². The normalized spacial score (nSPS) is 11.7. The Morgan fingerprint density at radius 1 is 1.15 bits per heavy atom. The minimum Gasteiger partial charge on any atom is -0.365 e. The van der Waals surface area contributed by atoms with Crippen molar-refractivity contribution in [1.82, 2.24) is 14.8 Å². The van der Waals surface area contributed by atoms with Crippen LogP contribution in [0.2, 0.25) is 0 Å². The SMILES string of the molecule is CC(C)c1nn(-c2ccccc2)cc1CNc1ncccc1S(N)(=O)=O. The molecule has 0 spiro atoms. The number of aromatic nitrogens is 3. The van der Waals surface area contributed by atoms with E-state index < -0.39 is 10.0 Å². The fraction of sp³-hybridized carbons (Fsp3) is 0.222. The van der Waals surface area contributed by atoms with E-state index in [1.54, 1.807) is 0 Å². The Balaban J connectivity index is 1.90. The van der Waals surface area contributed by atoms with Crippen LogP contribution in [0, 0.1) is 0 Å². The number of pyridine rings is 1. The van der Waals surface area contributed by atoms with E-state index in [-0.39, 0.29) is 16.6 Å². The molecule has 7 nitrogen and oxygen atoms in total. The summed E-state index contributed by atoms with van der Waals surface area (Å²) >= 11 is 0. The zero-order valence-corrected chi connectivity index (χ0v) is 15.4. The number of para-hydroxylation sites is 1. The van der Waals surface area contributed by atoms with Gasteiger partial charge in [0.25, 0.3) is 0 Å². The van der Waals surface area contributed by atoms with Crippen LogP contribution < -0.4 is 10.5 Å². The van der Waals surface area contributed by atoms with Gasteiger partial charge in [0.05, 0.1) is 11.4 Å². The van der Waals surface area contributed by atoms with E-state index in [1.165, 1.54) is 18.3 Å². The summed E-state index contributed by atoms with van der Waals surface area (Å²) in [5, 5.41) is 13.0. The highest BCUT2D eigenvalue weighted by Gasteiger charge is 2.17. The molecule has 0 saturated heterocycles. The lowest BCUT2D eigenvalue weighted by molar-refractivity contribution is 0.597. The number of sulfonamides is 1. The molecule has 0 radical (unpaired) electrons.